The predicted molar refractivity (Wildman–Crippen MR) is 83.3 cm³/mol. The number of anilines is 1. The van der Waals surface area contributed by atoms with Gasteiger partial charge in [-0.3, -0.25) is 0 Å². The normalized spacial score (nSPS) is 15.5. The number of rotatable bonds is 5. The van der Waals surface area contributed by atoms with E-state index in [1.807, 2.05) is 19.1 Å². The van der Waals surface area contributed by atoms with Crippen molar-refractivity contribution in [2.75, 3.05) is 18.5 Å². The molecule has 1 aliphatic carbocycles. The fourth-order valence-electron chi connectivity index (χ4n) is 3.10. The lowest BCUT2D eigenvalue weighted by atomic mass is 10.1. The highest BCUT2D eigenvalue weighted by atomic mass is 16.3. The molecule has 0 unspecified atom stereocenters. The van der Waals surface area contributed by atoms with Gasteiger partial charge in [0, 0.05) is 23.8 Å². The van der Waals surface area contributed by atoms with Crippen LogP contribution in [-0.4, -0.2) is 33.0 Å². The molecule has 0 radical (unpaired) electrons. The minimum Gasteiger partial charge on any atom is -0.395 e. The van der Waals surface area contributed by atoms with Crippen LogP contribution in [0, 0.1) is 6.92 Å². The molecule has 5 nitrogen and oxygen atoms in total. The van der Waals surface area contributed by atoms with Gasteiger partial charge in [0.15, 0.2) is 5.82 Å². The molecule has 1 fully saturated rings. The van der Waals surface area contributed by atoms with Gasteiger partial charge in [0.1, 0.15) is 5.82 Å². The standard InChI is InChI=1S/C16H22N4O/c1-12-18-19-16(20(12)15-4-2-3-5-15)13-6-8-14(9-7-13)17-10-11-21/h6-9,15,17,21H,2-5,10-11H2,1H3. The Morgan fingerprint density at radius 2 is 1.90 bits per heavy atom. The maximum Gasteiger partial charge on any atom is 0.164 e. The Hall–Kier alpha value is -1.88. The number of nitrogens with zero attached hydrogens (tertiary/aromatic N) is 3. The topological polar surface area (TPSA) is 63.0 Å². The van der Waals surface area contributed by atoms with E-state index in [4.69, 9.17) is 5.11 Å². The molecule has 0 amide bonds. The summed E-state index contributed by atoms with van der Waals surface area (Å²) in [6.45, 7) is 2.74. The second-order valence-electron chi connectivity index (χ2n) is 5.61. The predicted octanol–water partition coefficient (Wildman–Crippen LogP) is 2.77. The molecule has 0 aliphatic heterocycles. The molecule has 1 aromatic heterocycles. The summed E-state index contributed by atoms with van der Waals surface area (Å²) >= 11 is 0. The lowest BCUT2D eigenvalue weighted by Gasteiger charge is -2.16. The summed E-state index contributed by atoms with van der Waals surface area (Å²) in [6, 6.07) is 8.72. The molecule has 0 bridgehead atoms. The van der Waals surface area contributed by atoms with Crippen molar-refractivity contribution in [2.45, 2.75) is 38.6 Å². The highest BCUT2D eigenvalue weighted by Gasteiger charge is 2.22. The van der Waals surface area contributed by atoms with Crippen molar-refractivity contribution in [2.24, 2.45) is 0 Å². The van der Waals surface area contributed by atoms with Crippen LogP contribution in [-0.2, 0) is 0 Å². The van der Waals surface area contributed by atoms with Gasteiger partial charge in [-0.25, -0.2) is 0 Å². The molecule has 0 spiro atoms. The second-order valence-corrected chi connectivity index (χ2v) is 5.61. The molecule has 1 heterocycles. The van der Waals surface area contributed by atoms with Gasteiger partial charge in [-0.2, -0.15) is 0 Å². The average molecular weight is 286 g/mol. The van der Waals surface area contributed by atoms with Crippen LogP contribution in [0.3, 0.4) is 0 Å². The smallest absolute Gasteiger partial charge is 0.164 e. The van der Waals surface area contributed by atoms with E-state index >= 15 is 0 Å². The number of nitrogens with one attached hydrogen (secondary N) is 1. The summed E-state index contributed by atoms with van der Waals surface area (Å²) in [6.07, 6.45) is 5.04. The molecule has 1 aromatic carbocycles. The van der Waals surface area contributed by atoms with Crippen molar-refractivity contribution in [1.82, 2.24) is 14.8 Å². The molecule has 0 saturated heterocycles. The van der Waals surface area contributed by atoms with Gasteiger partial charge < -0.3 is 15.0 Å². The Kier molecular flexibility index (Phi) is 4.20. The molecule has 21 heavy (non-hydrogen) atoms. The monoisotopic (exact) mass is 286 g/mol. The molecule has 1 aliphatic rings. The minimum absolute atomic E-state index is 0.136. The quantitative estimate of drug-likeness (QED) is 0.887. The van der Waals surface area contributed by atoms with Crippen LogP contribution < -0.4 is 5.32 Å². The van der Waals surface area contributed by atoms with Gasteiger partial charge >= 0.3 is 0 Å². The van der Waals surface area contributed by atoms with Crippen molar-refractivity contribution in [3.63, 3.8) is 0 Å². The van der Waals surface area contributed by atoms with E-state index in [9.17, 15) is 0 Å². The van der Waals surface area contributed by atoms with E-state index < -0.39 is 0 Å². The Morgan fingerprint density at radius 3 is 2.57 bits per heavy atom. The average Bonchev–Trinajstić information content (AvgIpc) is 3.14. The largest absolute Gasteiger partial charge is 0.395 e. The highest BCUT2D eigenvalue weighted by molar-refractivity contribution is 5.60. The van der Waals surface area contributed by atoms with Crippen LogP contribution >= 0.6 is 0 Å². The van der Waals surface area contributed by atoms with E-state index in [1.165, 1.54) is 25.7 Å². The molecule has 3 rings (SSSR count). The van der Waals surface area contributed by atoms with Crippen molar-refractivity contribution in [3.05, 3.63) is 30.1 Å². The number of aliphatic hydroxyl groups excluding tert-OH is 1. The summed E-state index contributed by atoms with van der Waals surface area (Å²) in [5.41, 5.74) is 2.11. The highest BCUT2D eigenvalue weighted by Crippen LogP contribution is 2.34. The SMILES string of the molecule is Cc1nnc(-c2ccc(NCCO)cc2)n1C1CCCC1. The van der Waals surface area contributed by atoms with Gasteiger partial charge in [-0.1, -0.05) is 12.8 Å². The fraction of sp³-hybridized carbons (Fsp3) is 0.500. The minimum atomic E-state index is 0.136. The van der Waals surface area contributed by atoms with Gasteiger partial charge in [-0.15, -0.1) is 10.2 Å². The van der Waals surface area contributed by atoms with Crippen LogP contribution in [0.4, 0.5) is 5.69 Å². The zero-order valence-electron chi connectivity index (χ0n) is 12.4. The van der Waals surface area contributed by atoms with E-state index in [1.54, 1.807) is 0 Å². The number of hydrogen-bond donors (Lipinski definition) is 2. The van der Waals surface area contributed by atoms with Crippen LogP contribution in [0.2, 0.25) is 0 Å². The third kappa shape index (κ3) is 2.93. The van der Waals surface area contributed by atoms with Crippen LogP contribution in [0.15, 0.2) is 24.3 Å². The molecular formula is C16H22N4O. The Labute approximate surface area is 125 Å². The second kappa shape index (κ2) is 6.26. The summed E-state index contributed by atoms with van der Waals surface area (Å²) in [5, 5.41) is 20.6. The molecule has 112 valence electrons. The fourth-order valence-corrected chi connectivity index (χ4v) is 3.10. The first-order chi connectivity index (χ1) is 10.3. The van der Waals surface area contributed by atoms with Crippen LogP contribution in [0.1, 0.15) is 37.5 Å². The summed E-state index contributed by atoms with van der Waals surface area (Å²) in [4.78, 5) is 0. The van der Waals surface area contributed by atoms with Crippen molar-refractivity contribution in [3.8, 4) is 11.4 Å². The molecule has 1 saturated carbocycles. The van der Waals surface area contributed by atoms with E-state index in [-0.39, 0.29) is 6.61 Å². The first-order valence-electron chi connectivity index (χ1n) is 7.66. The number of aliphatic hydroxyl groups is 1. The third-order valence-electron chi connectivity index (χ3n) is 4.14. The first-order valence-corrected chi connectivity index (χ1v) is 7.66. The van der Waals surface area contributed by atoms with Gasteiger partial charge in [0.2, 0.25) is 0 Å². The van der Waals surface area contributed by atoms with Crippen LogP contribution in [0.5, 0.6) is 0 Å². The van der Waals surface area contributed by atoms with Crippen molar-refractivity contribution >= 4 is 5.69 Å². The Morgan fingerprint density at radius 1 is 1.19 bits per heavy atom. The van der Waals surface area contributed by atoms with Crippen molar-refractivity contribution in [1.29, 1.82) is 0 Å². The Balaban J connectivity index is 1.86. The van der Waals surface area contributed by atoms with Gasteiger partial charge in [-0.05, 0) is 44.0 Å². The molecule has 5 heteroatoms. The van der Waals surface area contributed by atoms with Gasteiger partial charge in [0.25, 0.3) is 0 Å². The zero-order chi connectivity index (χ0) is 14.7. The zero-order valence-corrected chi connectivity index (χ0v) is 12.4. The lowest BCUT2D eigenvalue weighted by Crippen LogP contribution is -2.09. The lowest BCUT2D eigenvalue weighted by molar-refractivity contribution is 0.311. The molecule has 2 N–H and O–H groups in total. The first kappa shape index (κ1) is 14.1. The molecule has 0 atom stereocenters. The molecular weight excluding hydrogens is 264 g/mol. The number of benzene rings is 1. The summed E-state index contributed by atoms with van der Waals surface area (Å²) in [7, 11) is 0. The molecule has 2 aromatic rings. The number of aryl methyl sites for hydroxylation is 1. The van der Waals surface area contributed by atoms with E-state index in [0.29, 0.717) is 12.6 Å². The summed E-state index contributed by atoms with van der Waals surface area (Å²) in [5.74, 6) is 1.97. The third-order valence-corrected chi connectivity index (χ3v) is 4.14. The van der Waals surface area contributed by atoms with E-state index in [0.717, 1.165) is 22.9 Å². The number of aromatic nitrogens is 3. The van der Waals surface area contributed by atoms with E-state index in [2.05, 4.69) is 32.2 Å². The van der Waals surface area contributed by atoms with Crippen LogP contribution in [0.25, 0.3) is 11.4 Å². The maximum absolute atomic E-state index is 8.84. The summed E-state index contributed by atoms with van der Waals surface area (Å²) < 4.78 is 2.29. The number of hydrogen-bond acceptors (Lipinski definition) is 4. The maximum atomic E-state index is 8.84. The van der Waals surface area contributed by atoms with Crippen molar-refractivity contribution < 1.29 is 5.11 Å². The Bertz CT molecular complexity index is 585. The van der Waals surface area contributed by atoms with Gasteiger partial charge in [0.05, 0.1) is 6.61 Å².